The Labute approximate surface area is 658 Å². The molecule has 0 amide bonds. The second-order valence-corrected chi connectivity index (χ2v) is 22.3. The minimum atomic E-state index is 0. The van der Waals surface area contributed by atoms with E-state index in [1.54, 1.807) is 80.2 Å². The van der Waals surface area contributed by atoms with Gasteiger partial charge < -0.3 is 49.0 Å². The van der Waals surface area contributed by atoms with Crippen molar-refractivity contribution in [2.45, 2.75) is 19.9 Å². The third-order valence-electron chi connectivity index (χ3n) is 15.1. The zero-order valence-corrected chi connectivity index (χ0v) is 66.3. The molecule has 5 aliphatic heterocycles. The summed E-state index contributed by atoms with van der Waals surface area (Å²) in [5.74, 6) is 4.41. The standard InChI is InChI=1S/2C16H11N5.C15H10N4S.C14H14N4.C12H10N4.5Ir/c1-2-5-13(6-3-1)20-12-21(14-7-4-8-17-9-14)16-15(20)10-18-11-19-16;1-2-4-13(5-3-1)20-12-21(14-6-8-17-9-7-14)16-15(20)10-18-11-19-16;1-2-5-12(6-3-1)18-11-19(14-7-4-8-20-14)15-13(18)9-16-10-17-15;1-11(2)17-10-18(12-6-4-3-5-7-12)13-8-15-9-16-14(13)17;1-15-9-16(10-5-3-2-4-6-10)11-7-13-8-14-12(11)15;;;;;/h1-5,7-12H;1-4,6-12H;1-5,7-11H;3-6,8-11H,1-2H3;2-5,7-9H,1H3;;;;;/q5*-2;;;;;. The number of nitrogens with zero attached hydrogens (tertiary/aromatic N) is 22. The molecular weight excluding hydrogens is 2180 g/mol. The van der Waals surface area contributed by atoms with Gasteiger partial charge in [0.05, 0.1) is 64.4 Å². The molecule has 28 heteroatoms. The molecule has 0 saturated heterocycles. The molecule has 22 nitrogen and oxygen atoms in total. The summed E-state index contributed by atoms with van der Waals surface area (Å²) in [4.78, 5) is 71.0. The minimum Gasteiger partial charge on any atom is -0.491 e. The Bertz CT molecular complexity index is 4360. The number of anilines is 18. The normalized spacial score (nSPS) is 13.0. The van der Waals surface area contributed by atoms with Crippen molar-refractivity contribution < 1.29 is 101 Å². The molecule has 101 heavy (non-hydrogen) atoms. The fraction of sp³-hybridized carbons (Fsp3) is 0.0548. The average molecular weight is 2230 g/mol. The van der Waals surface area contributed by atoms with E-state index in [9.17, 15) is 0 Å². The van der Waals surface area contributed by atoms with Gasteiger partial charge in [0.1, 0.15) is 60.7 Å². The van der Waals surface area contributed by atoms with Crippen LogP contribution in [0, 0.1) is 63.7 Å². The third-order valence-corrected chi connectivity index (χ3v) is 15.9. The first-order chi connectivity index (χ1) is 47.4. The summed E-state index contributed by atoms with van der Waals surface area (Å²) in [6.45, 7) is 14.3. The molecule has 18 rings (SSSR count). The van der Waals surface area contributed by atoms with Gasteiger partial charge in [0.2, 0.25) is 0 Å². The fourth-order valence-electron chi connectivity index (χ4n) is 10.6. The summed E-state index contributed by atoms with van der Waals surface area (Å²) in [5, 5.41) is 3.19. The number of hydrogen-bond donors (Lipinski definition) is 0. The molecule has 13 aromatic rings. The van der Waals surface area contributed by atoms with E-state index >= 15 is 0 Å². The van der Waals surface area contributed by atoms with Crippen LogP contribution in [0.2, 0.25) is 0 Å². The summed E-state index contributed by atoms with van der Waals surface area (Å²) in [5.41, 5.74) is 11.6. The molecule has 8 aromatic heterocycles. The largest absolute Gasteiger partial charge is 0.491 e. The minimum absolute atomic E-state index is 0. The molecule has 0 saturated carbocycles. The molecule has 13 heterocycles. The molecule has 519 valence electrons. The van der Waals surface area contributed by atoms with E-state index in [2.05, 4.69) is 142 Å². The summed E-state index contributed by atoms with van der Waals surface area (Å²) in [6, 6.07) is 67.6. The quantitative estimate of drug-likeness (QED) is 0.124. The van der Waals surface area contributed by atoms with Crippen LogP contribution in [0.15, 0.2) is 251 Å². The maximum absolute atomic E-state index is 4.41. The van der Waals surface area contributed by atoms with Gasteiger partial charge in [-0.25, -0.2) is 49.8 Å². The number of pyridine rings is 2. The number of para-hydroxylation sites is 5. The van der Waals surface area contributed by atoms with Crippen LogP contribution < -0.4 is 49.0 Å². The Morgan fingerprint density at radius 3 is 1.10 bits per heavy atom. The molecule has 0 fully saturated rings. The number of thiophene rings is 1. The van der Waals surface area contributed by atoms with E-state index in [1.807, 2.05) is 233 Å². The second kappa shape index (κ2) is 36.4. The third kappa shape index (κ3) is 17.0. The fourth-order valence-corrected chi connectivity index (χ4v) is 11.3. The summed E-state index contributed by atoms with van der Waals surface area (Å²) in [7, 11) is 1.97. The van der Waals surface area contributed by atoms with Crippen LogP contribution in [0.4, 0.5) is 102 Å². The van der Waals surface area contributed by atoms with Crippen molar-refractivity contribution >= 4 is 114 Å². The Morgan fingerprint density at radius 2 is 0.703 bits per heavy atom. The van der Waals surface area contributed by atoms with Crippen LogP contribution in [-0.4, -0.2) is 72.9 Å². The van der Waals surface area contributed by atoms with Crippen LogP contribution in [0.3, 0.4) is 0 Å². The van der Waals surface area contributed by atoms with E-state index < -0.39 is 0 Å². The molecule has 0 atom stereocenters. The van der Waals surface area contributed by atoms with Gasteiger partial charge >= 0.3 is 0 Å². The Kier molecular flexibility index (Phi) is 27.4. The van der Waals surface area contributed by atoms with Crippen molar-refractivity contribution in [3.05, 3.63) is 314 Å². The predicted molar refractivity (Wildman–Crippen MR) is 374 cm³/mol. The van der Waals surface area contributed by atoms with E-state index in [4.69, 9.17) is 0 Å². The van der Waals surface area contributed by atoms with E-state index in [0.29, 0.717) is 6.04 Å². The van der Waals surface area contributed by atoms with E-state index in [0.717, 1.165) is 102 Å². The van der Waals surface area contributed by atoms with E-state index in [1.165, 1.54) is 0 Å². The van der Waals surface area contributed by atoms with Crippen LogP contribution in [0.5, 0.6) is 0 Å². The summed E-state index contributed by atoms with van der Waals surface area (Å²) >= 11 is 1.68. The van der Waals surface area contributed by atoms with E-state index in [-0.39, 0.29) is 101 Å². The summed E-state index contributed by atoms with van der Waals surface area (Å²) in [6.07, 6.45) is 24.0. The number of aromatic nitrogens is 12. The van der Waals surface area contributed by atoms with Gasteiger partial charge in [-0.15, -0.1) is 66.4 Å². The van der Waals surface area contributed by atoms with Gasteiger partial charge in [-0.2, -0.15) is 158 Å². The van der Waals surface area contributed by atoms with Gasteiger partial charge in [0.25, 0.3) is 0 Å². The number of hydrogen-bond acceptors (Lipinski definition) is 23. The number of fused-ring (bicyclic) bond motifs is 5. The first-order valence-corrected chi connectivity index (χ1v) is 31.1. The van der Waals surface area contributed by atoms with Gasteiger partial charge in [0.15, 0.2) is 0 Å². The van der Waals surface area contributed by atoms with Gasteiger partial charge in [0, 0.05) is 137 Å². The van der Waals surface area contributed by atoms with Crippen molar-refractivity contribution in [2.24, 2.45) is 0 Å². The van der Waals surface area contributed by atoms with Gasteiger partial charge in [-0.3, -0.25) is 9.97 Å². The topological polar surface area (TPSA) is 187 Å². The molecule has 0 unspecified atom stereocenters. The Morgan fingerprint density at radius 1 is 0.327 bits per heavy atom. The van der Waals surface area contributed by atoms with Crippen molar-refractivity contribution in [3.8, 4) is 0 Å². The van der Waals surface area contributed by atoms with Crippen molar-refractivity contribution in [3.63, 3.8) is 0 Å². The average Bonchev–Trinajstić information content (AvgIpc) is 1.66. The molecule has 0 aliphatic carbocycles. The number of benzene rings is 5. The Hall–Kier alpha value is -9.25. The van der Waals surface area contributed by atoms with Crippen LogP contribution in [0.25, 0.3) is 0 Å². The molecule has 0 spiro atoms. The van der Waals surface area contributed by atoms with Crippen molar-refractivity contribution in [2.75, 3.05) is 56.0 Å². The first-order valence-electron chi connectivity index (χ1n) is 30.2. The van der Waals surface area contributed by atoms with Gasteiger partial charge in [-0.05, 0) is 68.7 Å². The van der Waals surface area contributed by atoms with Crippen molar-refractivity contribution in [1.29, 1.82) is 0 Å². The molecule has 5 radical (unpaired) electrons. The number of rotatable bonds is 9. The zero-order chi connectivity index (χ0) is 65.0. The van der Waals surface area contributed by atoms with Gasteiger partial charge in [-0.1, -0.05) is 0 Å². The predicted octanol–water partition coefficient (Wildman–Crippen LogP) is 14.6. The van der Waals surface area contributed by atoms with Crippen LogP contribution >= 0.6 is 11.3 Å². The smallest absolute Gasteiger partial charge is 0.130 e. The molecule has 5 aromatic carbocycles. The maximum Gasteiger partial charge on any atom is 0.130 e. The second-order valence-electron chi connectivity index (χ2n) is 21.4. The van der Waals surface area contributed by atoms with Crippen LogP contribution in [0.1, 0.15) is 13.8 Å². The molecule has 0 bridgehead atoms. The molecule has 5 aliphatic rings. The monoisotopic (exact) mass is 2240 g/mol. The SMILES string of the molecule is CC(C)N1[CH-]N(c2[c-]cccc2)c2cncnc21.CN1[CH-]N(c2[c-]cccc2)c2cncnc21.[Ir].[Ir].[Ir].[Ir].[Ir].[c-]1ccccc1N1[CH-]N(c2cccnc2)c2ncncc21.[c-]1ccccc1N1[CH-]N(c2cccs2)c2ncncc21.[c-]1ccccc1N1[CH-]N(c2ccncc2)c2ncncc21. The zero-order valence-electron chi connectivity index (χ0n) is 53.5. The van der Waals surface area contributed by atoms with Crippen molar-refractivity contribution in [1.82, 2.24) is 59.8 Å². The molecule has 0 N–H and O–H groups in total. The first kappa shape index (κ1) is 75.9. The summed E-state index contributed by atoms with van der Waals surface area (Å²) < 4.78 is 0. The maximum atomic E-state index is 4.41. The Balaban J connectivity index is 0.000000146. The molecular formula is C73H56Ir5N22S-10. The van der Waals surface area contributed by atoms with Crippen LogP contribution in [-0.2, 0) is 101 Å².